The number of rotatable bonds is 8. The molecule has 4 N–H and O–H groups in total. The summed E-state index contributed by atoms with van der Waals surface area (Å²) < 4.78 is 5.99. The van der Waals surface area contributed by atoms with E-state index in [0.717, 1.165) is 33.2 Å². The van der Waals surface area contributed by atoms with Crippen LogP contribution in [0.25, 0.3) is 22.1 Å². The highest BCUT2D eigenvalue weighted by Gasteiger charge is 2.32. The third-order valence-corrected chi connectivity index (χ3v) is 7.26. The van der Waals surface area contributed by atoms with E-state index in [4.69, 9.17) is 10.2 Å². The Morgan fingerprint density at radius 1 is 1.07 bits per heavy atom. The van der Waals surface area contributed by atoms with Crippen LogP contribution in [0.5, 0.6) is 0 Å². The van der Waals surface area contributed by atoms with Crippen molar-refractivity contribution in [1.82, 2.24) is 10.6 Å². The van der Waals surface area contributed by atoms with Gasteiger partial charge >= 0.3 is 0 Å². The number of nitrogens with one attached hydrogen (secondary N) is 2. The summed E-state index contributed by atoms with van der Waals surface area (Å²) >= 11 is 0. The minimum atomic E-state index is -0.667. The lowest BCUT2D eigenvalue weighted by atomic mass is 10.0. The van der Waals surface area contributed by atoms with Gasteiger partial charge in [-0.2, -0.15) is 0 Å². The maximum atomic E-state index is 13.8. The van der Waals surface area contributed by atoms with Crippen LogP contribution in [-0.2, 0) is 22.6 Å². The van der Waals surface area contributed by atoms with Crippen LogP contribution in [0.3, 0.4) is 0 Å². The first-order valence-electron chi connectivity index (χ1n) is 14.0. The molecule has 8 heteroatoms. The van der Waals surface area contributed by atoms with Gasteiger partial charge in [-0.05, 0) is 62.9 Å². The van der Waals surface area contributed by atoms with Gasteiger partial charge in [-0.25, -0.2) is 0 Å². The smallest absolute Gasteiger partial charge is 0.252 e. The second kappa shape index (κ2) is 11.6. The molecule has 1 aromatic heterocycles. The van der Waals surface area contributed by atoms with Crippen molar-refractivity contribution >= 4 is 34.2 Å². The summed E-state index contributed by atoms with van der Waals surface area (Å²) in [6.07, 6.45) is 2.99. The number of carbonyl (C=O) groups is 3. The molecule has 0 fully saturated rings. The maximum Gasteiger partial charge on any atom is 0.252 e. The molecule has 3 aromatic carbocycles. The molecule has 0 saturated heterocycles. The zero-order chi connectivity index (χ0) is 29.1. The largest absolute Gasteiger partial charge is 0.463 e. The van der Waals surface area contributed by atoms with Gasteiger partial charge in [-0.1, -0.05) is 48.5 Å². The van der Waals surface area contributed by atoms with Crippen LogP contribution in [0.4, 0.5) is 5.69 Å². The van der Waals surface area contributed by atoms with E-state index in [0.29, 0.717) is 37.3 Å². The highest BCUT2D eigenvalue weighted by Crippen LogP contribution is 2.34. The van der Waals surface area contributed by atoms with Crippen molar-refractivity contribution in [1.29, 1.82) is 0 Å². The Bertz CT molecular complexity index is 1600. The van der Waals surface area contributed by atoms with Gasteiger partial charge < -0.3 is 25.7 Å². The van der Waals surface area contributed by atoms with E-state index in [9.17, 15) is 14.4 Å². The summed E-state index contributed by atoms with van der Waals surface area (Å²) in [5.41, 5.74) is 9.47. The third-order valence-electron chi connectivity index (χ3n) is 7.26. The van der Waals surface area contributed by atoms with Gasteiger partial charge in [0, 0.05) is 40.5 Å². The minimum absolute atomic E-state index is 0.131. The molecule has 0 bridgehead atoms. The Morgan fingerprint density at radius 3 is 2.61 bits per heavy atom. The maximum absolute atomic E-state index is 13.8. The molecule has 0 spiro atoms. The Morgan fingerprint density at radius 2 is 1.83 bits per heavy atom. The van der Waals surface area contributed by atoms with Gasteiger partial charge in [-0.3, -0.25) is 14.4 Å². The van der Waals surface area contributed by atoms with Crippen molar-refractivity contribution in [2.75, 3.05) is 11.4 Å². The molecule has 2 heterocycles. The van der Waals surface area contributed by atoms with Crippen LogP contribution in [0, 0.1) is 0 Å². The fourth-order valence-electron chi connectivity index (χ4n) is 5.40. The van der Waals surface area contributed by atoms with Crippen molar-refractivity contribution in [2.45, 2.75) is 58.2 Å². The number of aryl methyl sites for hydroxylation is 1. The van der Waals surface area contributed by atoms with E-state index in [2.05, 4.69) is 10.6 Å². The second-order valence-corrected chi connectivity index (χ2v) is 11.3. The van der Waals surface area contributed by atoms with Crippen LogP contribution in [0.1, 0.15) is 55.1 Å². The van der Waals surface area contributed by atoms with Crippen LogP contribution in [-0.4, -0.2) is 35.8 Å². The number of amides is 3. The lowest BCUT2D eigenvalue weighted by molar-refractivity contribution is -0.128. The number of carbonyl (C=O) groups excluding carboxylic acids is 3. The highest BCUT2D eigenvalue weighted by atomic mass is 16.3. The van der Waals surface area contributed by atoms with Gasteiger partial charge in [0.05, 0.1) is 18.4 Å². The molecule has 0 aliphatic carbocycles. The van der Waals surface area contributed by atoms with Gasteiger partial charge in [0.15, 0.2) is 0 Å². The molecule has 0 radical (unpaired) electrons. The molecular formula is C33H36N4O4. The van der Waals surface area contributed by atoms with E-state index in [1.807, 2.05) is 67.6 Å². The number of furan rings is 1. The van der Waals surface area contributed by atoms with Gasteiger partial charge in [0.25, 0.3) is 5.91 Å². The molecular weight excluding hydrogens is 516 g/mol. The number of nitrogens with zero attached hydrogens (tertiary/aromatic N) is 1. The lowest BCUT2D eigenvalue weighted by Gasteiger charge is -2.27. The van der Waals surface area contributed by atoms with E-state index in [1.165, 1.54) is 0 Å². The molecule has 4 aromatic rings. The van der Waals surface area contributed by atoms with Crippen molar-refractivity contribution in [2.24, 2.45) is 5.73 Å². The lowest BCUT2D eigenvalue weighted by Crippen LogP contribution is -2.49. The number of para-hydroxylation sites is 1. The average molecular weight is 553 g/mol. The fraction of sp³-hybridized carbons (Fsp3) is 0.303. The minimum Gasteiger partial charge on any atom is -0.463 e. The predicted molar refractivity (Wildman–Crippen MR) is 160 cm³/mol. The SMILES string of the molecule is CCNC(=O)c1ccccc1-c1occ2cc(CN3C(=O)C(NC(=O)CC(C)(C)N)CCc4ccccc43)ccc12. The number of nitrogens with two attached hydrogens (primary N) is 1. The summed E-state index contributed by atoms with van der Waals surface area (Å²) in [4.78, 5) is 41.0. The highest BCUT2D eigenvalue weighted by molar-refractivity contribution is 6.05. The standard InChI is InChI=1S/C33H36N4O4/c1-4-35-31(39)26-11-7-6-10-25(26)30-24-15-13-21(17-23(24)20-41-30)19-37-28-12-8-5-9-22(28)14-16-27(32(37)40)36-29(38)18-33(2,3)34/h5-13,15,17,20,27H,4,14,16,18-19,34H2,1-3H3,(H,35,39)(H,36,38). The Balaban J connectivity index is 1.45. The van der Waals surface area contributed by atoms with Crippen LogP contribution in [0.15, 0.2) is 77.4 Å². The van der Waals surface area contributed by atoms with Gasteiger partial charge in [-0.15, -0.1) is 0 Å². The summed E-state index contributed by atoms with van der Waals surface area (Å²) in [6, 6.07) is 20.5. The molecule has 212 valence electrons. The fourth-order valence-corrected chi connectivity index (χ4v) is 5.40. The topological polar surface area (TPSA) is 118 Å². The van der Waals surface area contributed by atoms with E-state index < -0.39 is 11.6 Å². The summed E-state index contributed by atoms with van der Waals surface area (Å²) in [5, 5.41) is 7.54. The molecule has 41 heavy (non-hydrogen) atoms. The Hall–Kier alpha value is -4.43. The molecule has 8 nitrogen and oxygen atoms in total. The van der Waals surface area contributed by atoms with Crippen molar-refractivity contribution in [3.05, 3.63) is 89.7 Å². The molecule has 3 amide bonds. The normalized spacial score (nSPS) is 15.4. The first kappa shape index (κ1) is 28.1. The first-order valence-corrected chi connectivity index (χ1v) is 14.0. The third kappa shape index (κ3) is 6.18. The van der Waals surface area contributed by atoms with Crippen molar-refractivity contribution in [3.63, 3.8) is 0 Å². The monoisotopic (exact) mass is 552 g/mol. The second-order valence-electron chi connectivity index (χ2n) is 11.3. The molecule has 0 saturated carbocycles. The number of benzene rings is 3. The zero-order valence-corrected chi connectivity index (χ0v) is 23.7. The van der Waals surface area contributed by atoms with Crippen LogP contribution < -0.4 is 21.3 Å². The summed E-state index contributed by atoms with van der Waals surface area (Å²) in [6.45, 7) is 6.33. The molecule has 1 unspecified atom stereocenters. The van der Waals surface area contributed by atoms with Crippen LogP contribution in [0.2, 0.25) is 0 Å². The van der Waals surface area contributed by atoms with Crippen molar-refractivity contribution in [3.8, 4) is 11.3 Å². The summed E-state index contributed by atoms with van der Waals surface area (Å²) in [5.74, 6) is 0.0819. The molecule has 1 aliphatic rings. The van der Waals surface area contributed by atoms with E-state index in [-0.39, 0.29) is 24.1 Å². The Labute approximate surface area is 239 Å². The summed E-state index contributed by atoms with van der Waals surface area (Å²) in [7, 11) is 0. The molecule has 1 atom stereocenters. The number of anilines is 1. The first-order chi connectivity index (χ1) is 19.6. The predicted octanol–water partition coefficient (Wildman–Crippen LogP) is 4.94. The number of hydrogen-bond donors (Lipinski definition) is 3. The number of fused-ring (bicyclic) bond motifs is 2. The van der Waals surface area contributed by atoms with Gasteiger partial charge in [0.2, 0.25) is 11.8 Å². The molecule has 1 aliphatic heterocycles. The van der Waals surface area contributed by atoms with E-state index in [1.54, 1.807) is 31.1 Å². The van der Waals surface area contributed by atoms with E-state index >= 15 is 0 Å². The van der Waals surface area contributed by atoms with Gasteiger partial charge in [0.1, 0.15) is 11.8 Å². The van der Waals surface area contributed by atoms with Crippen molar-refractivity contribution < 1.29 is 18.8 Å². The quantitative estimate of drug-likeness (QED) is 0.286. The average Bonchev–Trinajstić information content (AvgIpc) is 3.31. The molecule has 5 rings (SSSR count). The zero-order valence-electron chi connectivity index (χ0n) is 23.7. The number of hydrogen-bond acceptors (Lipinski definition) is 5. The van der Waals surface area contributed by atoms with Crippen LogP contribution >= 0.6 is 0 Å². The Kier molecular flexibility index (Phi) is 7.94.